The number of nitro groups is 2. The molecule has 0 bridgehead atoms. The van der Waals surface area contributed by atoms with Crippen LogP contribution in [-0.4, -0.2) is 15.2 Å². The van der Waals surface area contributed by atoms with Crippen molar-refractivity contribution in [2.75, 3.05) is 0 Å². The topological polar surface area (TPSA) is 86.3 Å². The summed E-state index contributed by atoms with van der Waals surface area (Å²) in [6.45, 7) is 8.02. The van der Waals surface area contributed by atoms with Crippen LogP contribution in [0, 0.1) is 25.6 Å². The summed E-state index contributed by atoms with van der Waals surface area (Å²) in [5, 5.41) is 23.6. The highest BCUT2D eigenvalue weighted by Crippen LogP contribution is 2.51. The van der Waals surface area contributed by atoms with Crippen molar-refractivity contribution in [3.8, 4) is 0 Å². The average Bonchev–Trinajstić information content (AvgIpc) is 3.09. The number of hydrogen-bond donors (Lipinski definition) is 0. The van der Waals surface area contributed by atoms with Gasteiger partial charge in [0.15, 0.2) is 0 Å². The number of rotatable bonds is 36. The predicted octanol–water partition coefficient (Wildman–Crippen LogP) is 16.0. The molecule has 0 radical (unpaired) electrons. The molecule has 0 amide bonds. The van der Waals surface area contributed by atoms with E-state index in [1.54, 1.807) is 0 Å². The second kappa shape index (κ2) is 31.0. The summed E-state index contributed by atoms with van der Waals surface area (Å²) in [5.41, 5.74) is -0.128. The van der Waals surface area contributed by atoms with Gasteiger partial charge < -0.3 is 0 Å². The SMILES string of the molecule is CCCCCCCCCCCCCCCCCCC1=C([N+](=O)[O-])C(C)=C([N+](=O)[O-])C(Cl)C1(C)CCCCCCCCCCCCCCCCCC. The first-order valence-electron chi connectivity index (χ1n) is 22.1. The number of allylic oxidation sites excluding steroid dienone is 3. The van der Waals surface area contributed by atoms with Gasteiger partial charge in [0.25, 0.3) is 11.4 Å². The molecule has 6 nitrogen and oxygen atoms in total. The van der Waals surface area contributed by atoms with Crippen molar-refractivity contribution in [1.82, 2.24) is 0 Å². The molecule has 2 atom stereocenters. The molecule has 51 heavy (non-hydrogen) atoms. The fourth-order valence-electron chi connectivity index (χ4n) is 8.31. The third kappa shape index (κ3) is 20.6. The van der Waals surface area contributed by atoms with E-state index in [1.807, 2.05) is 6.92 Å². The molecule has 1 aliphatic rings. The van der Waals surface area contributed by atoms with Gasteiger partial charge in [-0.1, -0.05) is 220 Å². The number of hydrogen-bond acceptors (Lipinski definition) is 4. The summed E-state index contributed by atoms with van der Waals surface area (Å²) in [6, 6.07) is 0. The van der Waals surface area contributed by atoms with Crippen molar-refractivity contribution < 1.29 is 9.85 Å². The average molecular weight is 738 g/mol. The van der Waals surface area contributed by atoms with Crippen molar-refractivity contribution in [1.29, 1.82) is 0 Å². The minimum absolute atomic E-state index is 0.0430. The van der Waals surface area contributed by atoms with Crippen molar-refractivity contribution in [2.24, 2.45) is 5.41 Å². The third-order valence-corrected chi connectivity index (χ3v) is 12.4. The Kier molecular flexibility index (Phi) is 28.9. The van der Waals surface area contributed by atoms with E-state index in [-0.39, 0.29) is 21.9 Å². The van der Waals surface area contributed by atoms with Gasteiger partial charge in [-0.2, -0.15) is 0 Å². The smallest absolute Gasteiger partial charge is 0.259 e. The molecule has 1 rings (SSSR count). The normalized spacial score (nSPS) is 17.9. The molecule has 0 aromatic rings. The molecule has 0 saturated heterocycles. The van der Waals surface area contributed by atoms with Crippen LogP contribution in [0.2, 0.25) is 0 Å². The van der Waals surface area contributed by atoms with E-state index >= 15 is 0 Å². The van der Waals surface area contributed by atoms with Crippen LogP contribution in [0.4, 0.5) is 0 Å². The molecular weight excluding hydrogens is 656 g/mol. The first-order valence-corrected chi connectivity index (χ1v) is 22.5. The Bertz CT molecular complexity index is 980. The molecule has 0 aliphatic heterocycles. The quantitative estimate of drug-likeness (QED) is 0.0277. The van der Waals surface area contributed by atoms with Crippen LogP contribution >= 0.6 is 11.6 Å². The van der Waals surface area contributed by atoms with Gasteiger partial charge in [-0.05, 0) is 26.2 Å². The van der Waals surface area contributed by atoms with Crippen LogP contribution in [0.1, 0.15) is 246 Å². The van der Waals surface area contributed by atoms with Crippen LogP contribution in [0.5, 0.6) is 0 Å². The molecule has 2 unspecified atom stereocenters. The molecule has 7 heteroatoms. The van der Waals surface area contributed by atoms with Crippen molar-refractivity contribution in [2.45, 2.75) is 251 Å². The zero-order valence-electron chi connectivity index (χ0n) is 34.0. The highest BCUT2D eigenvalue weighted by atomic mass is 35.5. The van der Waals surface area contributed by atoms with E-state index in [1.165, 1.54) is 174 Å². The van der Waals surface area contributed by atoms with E-state index in [4.69, 9.17) is 11.6 Å². The molecule has 298 valence electrons. The molecule has 0 aromatic heterocycles. The Hall–Kier alpha value is -1.43. The lowest BCUT2D eigenvalue weighted by atomic mass is 9.67. The van der Waals surface area contributed by atoms with Crippen LogP contribution in [-0.2, 0) is 0 Å². The number of unbranched alkanes of at least 4 members (excludes halogenated alkanes) is 30. The summed E-state index contributed by atoms with van der Waals surface area (Å²) in [4.78, 5) is 23.6. The third-order valence-electron chi connectivity index (χ3n) is 11.7. The Balaban J connectivity index is 2.44. The fourth-order valence-corrected chi connectivity index (χ4v) is 8.80. The Morgan fingerprint density at radius 3 is 1.10 bits per heavy atom. The summed E-state index contributed by atoms with van der Waals surface area (Å²) in [5.74, 6) is 0. The monoisotopic (exact) mass is 737 g/mol. The molecule has 0 aromatic carbocycles. The zero-order chi connectivity index (χ0) is 37.6. The van der Waals surface area contributed by atoms with E-state index in [2.05, 4.69) is 13.8 Å². The molecular formula is C44H81ClN2O4. The lowest BCUT2D eigenvalue weighted by Crippen LogP contribution is -2.40. The Labute approximate surface area is 320 Å². The minimum Gasteiger partial charge on any atom is -0.259 e. The van der Waals surface area contributed by atoms with Gasteiger partial charge in [-0.15, -0.1) is 11.6 Å². The maximum absolute atomic E-state index is 12.4. The van der Waals surface area contributed by atoms with E-state index in [9.17, 15) is 20.2 Å². The van der Waals surface area contributed by atoms with E-state index in [0.717, 1.165) is 44.1 Å². The largest absolute Gasteiger partial charge is 0.278 e. The fraction of sp³-hybridized carbons (Fsp3) is 0.909. The van der Waals surface area contributed by atoms with Gasteiger partial charge in [0, 0.05) is 11.0 Å². The van der Waals surface area contributed by atoms with Gasteiger partial charge in [-0.25, -0.2) is 0 Å². The van der Waals surface area contributed by atoms with Crippen molar-refractivity contribution in [3.05, 3.63) is 42.8 Å². The standard InChI is InChI=1S/C44H81ClN2O4/c1-5-7-9-11-13-15-17-19-21-23-25-27-29-31-33-35-37-40-41(46(48)49)39(3)42(47(50)51)43(45)44(40,4)38-36-34-32-30-28-26-24-22-20-18-16-14-12-10-8-6-2/h43H,5-38H2,1-4H3. The van der Waals surface area contributed by atoms with Gasteiger partial charge >= 0.3 is 0 Å². The number of alkyl halides is 1. The van der Waals surface area contributed by atoms with Crippen LogP contribution in [0.15, 0.2) is 22.5 Å². The van der Waals surface area contributed by atoms with Gasteiger partial charge in [-0.3, -0.25) is 20.2 Å². The molecule has 0 saturated carbocycles. The van der Waals surface area contributed by atoms with E-state index in [0.29, 0.717) is 12.8 Å². The Morgan fingerprint density at radius 1 is 0.510 bits per heavy atom. The summed E-state index contributed by atoms with van der Waals surface area (Å²) >= 11 is 6.94. The van der Waals surface area contributed by atoms with Crippen LogP contribution in [0.25, 0.3) is 0 Å². The molecule has 1 aliphatic carbocycles. The second-order valence-corrected chi connectivity index (χ2v) is 16.7. The number of halogens is 1. The maximum atomic E-state index is 12.4. The minimum atomic E-state index is -0.858. The predicted molar refractivity (Wildman–Crippen MR) is 220 cm³/mol. The van der Waals surface area contributed by atoms with Gasteiger partial charge in [0.2, 0.25) is 0 Å². The first kappa shape index (κ1) is 47.6. The van der Waals surface area contributed by atoms with E-state index < -0.39 is 15.7 Å². The highest BCUT2D eigenvalue weighted by molar-refractivity contribution is 6.23. The van der Waals surface area contributed by atoms with Crippen molar-refractivity contribution >= 4 is 11.6 Å². The zero-order valence-corrected chi connectivity index (χ0v) is 34.8. The summed E-state index contributed by atoms with van der Waals surface area (Å²) in [6.07, 6.45) is 42.3. The summed E-state index contributed by atoms with van der Waals surface area (Å²) < 4.78 is 0. The highest BCUT2D eigenvalue weighted by Gasteiger charge is 2.52. The molecule has 0 heterocycles. The van der Waals surface area contributed by atoms with Gasteiger partial charge in [0.05, 0.1) is 9.85 Å². The van der Waals surface area contributed by atoms with Crippen LogP contribution in [0.3, 0.4) is 0 Å². The lowest BCUT2D eigenvalue weighted by molar-refractivity contribution is -0.443. The van der Waals surface area contributed by atoms with Crippen LogP contribution < -0.4 is 0 Å². The van der Waals surface area contributed by atoms with Crippen molar-refractivity contribution in [3.63, 3.8) is 0 Å². The lowest BCUT2D eigenvalue weighted by Gasteiger charge is -2.38. The number of nitrogens with zero attached hydrogens (tertiary/aromatic N) is 2. The molecule has 0 N–H and O–H groups in total. The molecule has 0 spiro atoms. The maximum Gasteiger partial charge on any atom is 0.278 e. The Morgan fingerprint density at radius 2 is 0.804 bits per heavy atom. The summed E-state index contributed by atoms with van der Waals surface area (Å²) in [7, 11) is 0. The first-order chi connectivity index (χ1) is 24.7. The van der Waals surface area contributed by atoms with Gasteiger partial charge in [0.1, 0.15) is 11.0 Å². The second-order valence-electron chi connectivity index (χ2n) is 16.2. The molecule has 0 fully saturated rings.